The molecular formula is C15H7F17O4S. The number of rotatable bonds is 10. The molecule has 0 aromatic heterocycles. The van der Waals surface area contributed by atoms with Gasteiger partial charge in [0.2, 0.25) is 0 Å². The SMILES string of the molecule is COc1ccc(OS(=O)(=O)C(F)(F)C(F)(F)C(F)(F)C(F)(F)C(F)(F)C(F)(F)C(F)(F)C(F)(F)F)cc1. The van der Waals surface area contributed by atoms with E-state index in [1.807, 2.05) is 0 Å². The Morgan fingerprint density at radius 3 is 1.14 bits per heavy atom. The average molecular weight is 606 g/mol. The molecule has 0 N–H and O–H groups in total. The Labute approximate surface area is 193 Å². The van der Waals surface area contributed by atoms with Crippen LogP contribution in [0.4, 0.5) is 74.6 Å². The molecule has 1 rings (SSSR count). The molecule has 0 aliphatic carbocycles. The number of benzene rings is 1. The van der Waals surface area contributed by atoms with Gasteiger partial charge in [0.25, 0.3) is 0 Å². The summed E-state index contributed by atoms with van der Waals surface area (Å²) in [5.74, 6) is -53.6. The van der Waals surface area contributed by atoms with Crippen LogP contribution in [-0.4, -0.2) is 62.5 Å². The van der Waals surface area contributed by atoms with Gasteiger partial charge in [-0.05, 0) is 24.3 Å². The van der Waals surface area contributed by atoms with Crippen LogP contribution in [-0.2, 0) is 10.1 Å². The molecule has 0 spiro atoms. The Kier molecular flexibility index (Phi) is 7.77. The van der Waals surface area contributed by atoms with Gasteiger partial charge in [-0.2, -0.15) is 83.1 Å². The lowest BCUT2D eigenvalue weighted by atomic mass is 9.91. The highest BCUT2D eigenvalue weighted by Crippen LogP contribution is 2.64. The summed E-state index contributed by atoms with van der Waals surface area (Å²) in [7, 11) is -6.68. The molecular weight excluding hydrogens is 599 g/mol. The molecule has 0 saturated carbocycles. The Morgan fingerprint density at radius 1 is 0.514 bits per heavy atom. The molecule has 1 aromatic carbocycles. The van der Waals surface area contributed by atoms with E-state index in [-0.39, 0.29) is 5.75 Å². The van der Waals surface area contributed by atoms with Crippen molar-refractivity contribution in [3.63, 3.8) is 0 Å². The van der Waals surface area contributed by atoms with Crippen molar-refractivity contribution in [3.05, 3.63) is 24.3 Å². The Morgan fingerprint density at radius 2 is 0.811 bits per heavy atom. The lowest BCUT2D eigenvalue weighted by Crippen LogP contribution is -2.75. The summed E-state index contributed by atoms with van der Waals surface area (Å²) >= 11 is 0. The third kappa shape index (κ3) is 4.47. The molecule has 0 radical (unpaired) electrons. The zero-order valence-corrected chi connectivity index (χ0v) is 17.6. The van der Waals surface area contributed by atoms with E-state index in [2.05, 4.69) is 8.92 Å². The van der Waals surface area contributed by atoms with Crippen LogP contribution in [0, 0.1) is 0 Å². The van der Waals surface area contributed by atoms with Gasteiger partial charge in [-0.15, -0.1) is 0 Å². The maximum absolute atomic E-state index is 13.9. The van der Waals surface area contributed by atoms with Gasteiger partial charge in [-0.3, -0.25) is 0 Å². The Hall–Kier alpha value is -2.42. The van der Waals surface area contributed by atoms with E-state index < -0.39 is 62.8 Å². The largest absolute Gasteiger partial charge is 0.497 e. The van der Waals surface area contributed by atoms with Crippen LogP contribution in [0.1, 0.15) is 0 Å². The third-order valence-electron chi connectivity index (χ3n) is 4.27. The predicted molar refractivity (Wildman–Crippen MR) is 83.2 cm³/mol. The van der Waals surface area contributed by atoms with Crippen LogP contribution < -0.4 is 8.92 Å². The first-order valence-corrected chi connectivity index (χ1v) is 9.71. The quantitative estimate of drug-likeness (QED) is 0.230. The summed E-state index contributed by atoms with van der Waals surface area (Å²) in [6, 6.07) is 1.94. The first-order chi connectivity index (χ1) is 16.0. The molecule has 216 valence electrons. The summed E-state index contributed by atoms with van der Waals surface area (Å²) in [5, 5.41) is -7.75. The van der Waals surface area contributed by atoms with Crippen molar-refractivity contribution in [1.82, 2.24) is 0 Å². The summed E-state index contributed by atoms with van der Waals surface area (Å²) in [6.45, 7) is 0. The molecule has 0 atom stereocenters. The Balaban J connectivity index is 3.65. The second-order valence-corrected chi connectivity index (χ2v) is 8.26. The second-order valence-electron chi connectivity index (χ2n) is 6.67. The fourth-order valence-corrected chi connectivity index (χ4v) is 3.03. The van der Waals surface area contributed by atoms with Crippen molar-refractivity contribution >= 4 is 10.1 Å². The van der Waals surface area contributed by atoms with Gasteiger partial charge < -0.3 is 8.92 Å². The van der Waals surface area contributed by atoms with Crippen molar-refractivity contribution in [1.29, 1.82) is 0 Å². The number of hydrogen-bond donors (Lipinski definition) is 0. The molecule has 0 amide bonds. The van der Waals surface area contributed by atoms with Gasteiger partial charge in [0.15, 0.2) is 0 Å². The van der Waals surface area contributed by atoms with E-state index in [0.29, 0.717) is 24.3 Å². The minimum atomic E-state index is -8.90. The van der Waals surface area contributed by atoms with Crippen molar-refractivity contribution in [3.8, 4) is 11.5 Å². The van der Waals surface area contributed by atoms with E-state index in [1.54, 1.807) is 0 Å². The second kappa shape index (κ2) is 8.82. The van der Waals surface area contributed by atoms with Crippen LogP contribution >= 0.6 is 0 Å². The molecule has 0 aliphatic rings. The van der Waals surface area contributed by atoms with Gasteiger partial charge in [-0.1, -0.05) is 0 Å². The molecule has 0 bridgehead atoms. The van der Waals surface area contributed by atoms with Crippen LogP contribution in [0.3, 0.4) is 0 Å². The van der Waals surface area contributed by atoms with Crippen molar-refractivity contribution < 1.29 is 92.0 Å². The molecule has 0 aliphatic heterocycles. The molecule has 0 heterocycles. The number of alkyl halides is 17. The van der Waals surface area contributed by atoms with Crippen molar-refractivity contribution in [2.45, 2.75) is 47.0 Å². The average Bonchev–Trinajstić information content (AvgIpc) is 2.72. The first kappa shape index (κ1) is 32.6. The smallest absolute Gasteiger partial charge is 0.460 e. The van der Waals surface area contributed by atoms with Crippen molar-refractivity contribution in [2.24, 2.45) is 0 Å². The molecule has 4 nitrogen and oxygen atoms in total. The van der Waals surface area contributed by atoms with Gasteiger partial charge >= 0.3 is 57.1 Å². The van der Waals surface area contributed by atoms with Crippen LogP contribution in [0.25, 0.3) is 0 Å². The van der Waals surface area contributed by atoms with Gasteiger partial charge in [0.05, 0.1) is 7.11 Å². The highest BCUT2D eigenvalue weighted by atomic mass is 32.2. The molecule has 1 aromatic rings. The Bertz CT molecular complexity index is 1080. The lowest BCUT2D eigenvalue weighted by Gasteiger charge is -2.42. The van der Waals surface area contributed by atoms with E-state index in [1.165, 1.54) is 0 Å². The fraction of sp³-hybridized carbons (Fsp3) is 0.600. The monoisotopic (exact) mass is 606 g/mol. The molecule has 0 unspecified atom stereocenters. The molecule has 0 saturated heterocycles. The predicted octanol–water partition coefficient (Wildman–Crippen LogP) is 6.37. The standard InChI is InChI=1S/C15H7F17O4S/c1-35-6-2-4-7(5-3-6)36-37(33,34)15(31,32)13(26,27)11(22,23)9(18,19)8(16,17)10(20,21)12(24,25)14(28,29)30/h2-5H,1H3. The summed E-state index contributed by atoms with van der Waals surface area (Å²) in [6.07, 6.45) is -7.90. The van der Waals surface area contributed by atoms with Gasteiger partial charge in [0.1, 0.15) is 11.5 Å². The number of halogens is 17. The molecule has 37 heavy (non-hydrogen) atoms. The van der Waals surface area contributed by atoms with Crippen LogP contribution in [0.15, 0.2) is 24.3 Å². The minimum absolute atomic E-state index is 0.202. The first-order valence-electron chi connectivity index (χ1n) is 8.30. The number of methoxy groups -OCH3 is 1. The summed E-state index contributed by atoms with van der Waals surface area (Å²) < 4.78 is 255. The zero-order chi connectivity index (χ0) is 29.9. The van der Waals surface area contributed by atoms with E-state index in [9.17, 15) is 83.1 Å². The third-order valence-corrected chi connectivity index (χ3v) is 5.57. The van der Waals surface area contributed by atoms with Gasteiger partial charge in [0, 0.05) is 0 Å². The molecule has 22 heteroatoms. The van der Waals surface area contributed by atoms with E-state index >= 15 is 0 Å². The van der Waals surface area contributed by atoms with E-state index in [0.717, 1.165) is 7.11 Å². The van der Waals surface area contributed by atoms with Gasteiger partial charge in [-0.25, -0.2) is 0 Å². The highest BCUT2D eigenvalue weighted by molar-refractivity contribution is 7.88. The fourth-order valence-electron chi connectivity index (χ4n) is 2.12. The maximum atomic E-state index is 13.9. The lowest BCUT2D eigenvalue weighted by molar-refractivity contribution is -0.458. The maximum Gasteiger partial charge on any atom is 0.460 e. The zero-order valence-electron chi connectivity index (χ0n) is 16.8. The minimum Gasteiger partial charge on any atom is -0.497 e. The summed E-state index contributed by atoms with van der Waals surface area (Å²) in [4.78, 5) is 0. The van der Waals surface area contributed by atoms with Crippen molar-refractivity contribution in [2.75, 3.05) is 7.11 Å². The van der Waals surface area contributed by atoms with E-state index in [4.69, 9.17) is 0 Å². The number of hydrogen-bond acceptors (Lipinski definition) is 4. The summed E-state index contributed by atoms with van der Waals surface area (Å²) in [5.41, 5.74) is 0. The van der Waals surface area contributed by atoms with Crippen LogP contribution in [0.2, 0.25) is 0 Å². The topological polar surface area (TPSA) is 52.6 Å². The molecule has 0 fully saturated rings. The normalized spacial score (nSPS) is 15.5. The van der Waals surface area contributed by atoms with Crippen LogP contribution in [0.5, 0.6) is 11.5 Å². The number of ether oxygens (including phenoxy) is 1. The highest BCUT2D eigenvalue weighted by Gasteiger charge is 2.96.